The van der Waals surface area contributed by atoms with E-state index in [1.807, 2.05) is 30.0 Å². The van der Waals surface area contributed by atoms with Gasteiger partial charge in [-0.1, -0.05) is 11.6 Å². The zero-order valence-corrected chi connectivity index (χ0v) is 20.9. The molecule has 2 aromatic rings. The summed E-state index contributed by atoms with van der Waals surface area (Å²) in [6.45, 7) is 8.05. The maximum absolute atomic E-state index is 13.4. The number of hydrogen-bond donors (Lipinski definition) is 0. The van der Waals surface area contributed by atoms with Crippen LogP contribution in [0.1, 0.15) is 30.5 Å². The number of rotatable bonds is 7. The van der Waals surface area contributed by atoms with Crippen LogP contribution in [-0.2, 0) is 11.3 Å². The molecule has 0 saturated carbocycles. The second-order valence-electron chi connectivity index (χ2n) is 9.84. The number of pyridine rings is 1. The maximum Gasteiger partial charge on any atom is 0.223 e. The summed E-state index contributed by atoms with van der Waals surface area (Å²) in [5, 5.41) is 0.711. The summed E-state index contributed by atoms with van der Waals surface area (Å²) in [7, 11) is 2.09. The predicted octanol–water partition coefficient (Wildman–Crippen LogP) is 4.01. The van der Waals surface area contributed by atoms with Crippen LogP contribution in [0.15, 0.2) is 36.5 Å². The standard InChI is InChI=1S/C26H34ClFN4O2/c1-20-14-23(6-7-24(20)27)34-19-26(15-25(33)32-12-10-30(2)11-13-32)8-3-9-31(18-26)17-22-5-4-21(28)16-29-22/h4-7,14,16H,3,8-13,15,17-19H2,1-2H3/t26-/m1/s1. The number of ether oxygens (including phenoxy) is 1. The van der Waals surface area contributed by atoms with Crippen LogP contribution in [0, 0.1) is 18.2 Å². The molecular weight excluding hydrogens is 455 g/mol. The van der Waals surface area contributed by atoms with Crippen LogP contribution in [0.5, 0.6) is 5.75 Å². The second-order valence-corrected chi connectivity index (χ2v) is 10.2. The van der Waals surface area contributed by atoms with E-state index in [2.05, 4.69) is 21.8 Å². The summed E-state index contributed by atoms with van der Waals surface area (Å²) >= 11 is 6.18. The molecule has 8 heteroatoms. The topological polar surface area (TPSA) is 48.9 Å². The van der Waals surface area contributed by atoms with Gasteiger partial charge in [-0.25, -0.2) is 4.39 Å². The lowest BCUT2D eigenvalue weighted by atomic mass is 9.77. The zero-order chi connectivity index (χ0) is 24.1. The molecule has 2 saturated heterocycles. The summed E-state index contributed by atoms with van der Waals surface area (Å²) in [4.78, 5) is 24.2. The van der Waals surface area contributed by atoms with Crippen molar-refractivity contribution in [3.63, 3.8) is 0 Å². The van der Waals surface area contributed by atoms with Crippen molar-refractivity contribution in [2.24, 2.45) is 5.41 Å². The summed E-state index contributed by atoms with van der Waals surface area (Å²) in [5.74, 6) is 0.637. The molecule has 0 spiro atoms. The van der Waals surface area contributed by atoms with Crippen LogP contribution < -0.4 is 4.74 Å². The molecule has 3 heterocycles. The summed E-state index contributed by atoms with van der Waals surface area (Å²) < 4.78 is 19.6. The monoisotopic (exact) mass is 488 g/mol. The highest BCUT2D eigenvalue weighted by atomic mass is 35.5. The quantitative estimate of drug-likeness (QED) is 0.589. The van der Waals surface area contributed by atoms with Crippen LogP contribution in [0.2, 0.25) is 5.02 Å². The first-order valence-corrected chi connectivity index (χ1v) is 12.4. The number of hydrogen-bond acceptors (Lipinski definition) is 5. The SMILES string of the molecule is Cc1cc(OC[C@@]2(CC(=O)N3CCN(C)CC3)CCCN(Cc3ccc(F)cn3)C2)ccc1Cl. The van der Waals surface area contributed by atoms with E-state index >= 15 is 0 Å². The van der Waals surface area contributed by atoms with E-state index in [0.717, 1.165) is 69.1 Å². The van der Waals surface area contributed by atoms with E-state index < -0.39 is 0 Å². The Kier molecular flexibility index (Phi) is 8.06. The molecule has 1 amide bonds. The van der Waals surface area contributed by atoms with Gasteiger partial charge in [0.2, 0.25) is 5.91 Å². The number of aryl methyl sites for hydroxylation is 1. The third-order valence-corrected chi connectivity index (χ3v) is 7.40. The molecule has 184 valence electrons. The Morgan fingerprint density at radius 1 is 1.18 bits per heavy atom. The first-order chi connectivity index (χ1) is 16.3. The fourth-order valence-corrected chi connectivity index (χ4v) is 5.04. The van der Waals surface area contributed by atoms with Crippen molar-refractivity contribution >= 4 is 17.5 Å². The van der Waals surface area contributed by atoms with E-state index in [-0.39, 0.29) is 17.1 Å². The van der Waals surface area contributed by atoms with Crippen molar-refractivity contribution in [2.75, 3.05) is 52.9 Å². The smallest absolute Gasteiger partial charge is 0.223 e. The molecule has 1 atom stereocenters. The fourth-order valence-electron chi connectivity index (χ4n) is 4.92. The van der Waals surface area contributed by atoms with Gasteiger partial charge in [0.1, 0.15) is 11.6 Å². The molecule has 1 aromatic carbocycles. The summed E-state index contributed by atoms with van der Waals surface area (Å²) in [6, 6.07) is 8.85. The van der Waals surface area contributed by atoms with Crippen molar-refractivity contribution in [3.8, 4) is 5.75 Å². The van der Waals surface area contributed by atoms with Gasteiger partial charge >= 0.3 is 0 Å². The van der Waals surface area contributed by atoms with Gasteiger partial charge in [-0.2, -0.15) is 0 Å². The number of aromatic nitrogens is 1. The average Bonchev–Trinajstić information content (AvgIpc) is 2.82. The molecule has 0 aliphatic carbocycles. The first-order valence-electron chi connectivity index (χ1n) is 12.0. The Morgan fingerprint density at radius 3 is 2.68 bits per heavy atom. The molecular formula is C26H34ClFN4O2. The molecule has 6 nitrogen and oxygen atoms in total. The molecule has 0 radical (unpaired) electrons. The normalized spacial score (nSPS) is 22.1. The number of benzene rings is 1. The number of amides is 1. The van der Waals surface area contributed by atoms with Crippen LogP contribution >= 0.6 is 11.6 Å². The van der Waals surface area contributed by atoms with Crippen molar-refractivity contribution in [1.82, 2.24) is 19.7 Å². The van der Waals surface area contributed by atoms with E-state index in [4.69, 9.17) is 16.3 Å². The lowest BCUT2D eigenvalue weighted by Crippen LogP contribution is -2.52. The van der Waals surface area contributed by atoms with Gasteiger partial charge in [0.05, 0.1) is 18.5 Å². The number of piperidine rings is 1. The molecule has 34 heavy (non-hydrogen) atoms. The van der Waals surface area contributed by atoms with E-state index in [1.165, 1.54) is 12.3 Å². The minimum atomic E-state index is -0.332. The molecule has 2 fully saturated rings. The van der Waals surface area contributed by atoms with Gasteiger partial charge in [0.25, 0.3) is 0 Å². The molecule has 0 N–H and O–H groups in total. The summed E-state index contributed by atoms with van der Waals surface area (Å²) in [6.07, 6.45) is 3.61. The number of likely N-dealkylation sites (N-methyl/N-ethyl adjacent to an activating group) is 1. The Hall–Kier alpha value is -2.22. The first kappa shape index (κ1) is 24.9. The Bertz CT molecular complexity index is 981. The lowest BCUT2D eigenvalue weighted by Gasteiger charge is -2.43. The number of carbonyl (C=O) groups is 1. The Balaban J connectivity index is 1.49. The number of halogens is 2. The lowest BCUT2D eigenvalue weighted by molar-refractivity contribution is -0.137. The Labute approximate surface area is 206 Å². The van der Waals surface area contributed by atoms with Crippen molar-refractivity contribution in [1.29, 1.82) is 0 Å². The molecule has 0 bridgehead atoms. The Morgan fingerprint density at radius 2 is 1.97 bits per heavy atom. The average molecular weight is 489 g/mol. The predicted molar refractivity (Wildman–Crippen MR) is 132 cm³/mol. The van der Waals surface area contributed by atoms with Crippen LogP contribution in [0.25, 0.3) is 0 Å². The number of piperazine rings is 1. The van der Waals surface area contributed by atoms with Gasteiger partial charge in [0.15, 0.2) is 0 Å². The zero-order valence-electron chi connectivity index (χ0n) is 20.1. The third-order valence-electron chi connectivity index (χ3n) is 6.97. The fraction of sp³-hybridized carbons (Fsp3) is 0.538. The van der Waals surface area contributed by atoms with E-state index in [0.29, 0.717) is 24.6 Å². The van der Waals surface area contributed by atoms with Crippen LogP contribution in [0.4, 0.5) is 4.39 Å². The second kappa shape index (κ2) is 11.0. The third kappa shape index (κ3) is 6.46. The van der Waals surface area contributed by atoms with Gasteiger partial charge < -0.3 is 14.5 Å². The van der Waals surface area contributed by atoms with Crippen molar-refractivity contribution < 1.29 is 13.9 Å². The van der Waals surface area contributed by atoms with Gasteiger partial charge in [-0.15, -0.1) is 0 Å². The minimum Gasteiger partial charge on any atom is -0.493 e. The van der Waals surface area contributed by atoms with Gasteiger partial charge in [-0.05, 0) is 69.3 Å². The molecule has 0 unspecified atom stereocenters. The van der Waals surface area contributed by atoms with Crippen LogP contribution in [0.3, 0.4) is 0 Å². The largest absolute Gasteiger partial charge is 0.493 e. The highest BCUT2D eigenvalue weighted by Crippen LogP contribution is 2.36. The van der Waals surface area contributed by atoms with E-state index in [1.54, 1.807) is 6.07 Å². The number of likely N-dealkylation sites (tertiary alicyclic amines) is 1. The molecule has 2 aliphatic heterocycles. The molecule has 1 aromatic heterocycles. The van der Waals surface area contributed by atoms with Crippen molar-refractivity contribution in [3.05, 3.63) is 58.6 Å². The molecule has 2 aliphatic rings. The van der Waals surface area contributed by atoms with E-state index in [9.17, 15) is 9.18 Å². The summed E-state index contributed by atoms with van der Waals surface area (Å²) in [5.41, 5.74) is 1.50. The molecule has 4 rings (SSSR count). The maximum atomic E-state index is 13.4. The number of carbonyl (C=O) groups excluding carboxylic acids is 1. The van der Waals surface area contributed by atoms with Gasteiger partial charge in [0, 0.05) is 56.1 Å². The van der Waals surface area contributed by atoms with Gasteiger partial charge in [-0.3, -0.25) is 14.7 Å². The minimum absolute atomic E-state index is 0.200. The van der Waals surface area contributed by atoms with Crippen LogP contribution in [-0.4, -0.2) is 78.5 Å². The number of nitrogens with zero attached hydrogens (tertiary/aromatic N) is 4. The van der Waals surface area contributed by atoms with Crippen molar-refractivity contribution in [2.45, 2.75) is 32.7 Å². The highest BCUT2D eigenvalue weighted by molar-refractivity contribution is 6.31. The highest BCUT2D eigenvalue weighted by Gasteiger charge is 2.40.